The monoisotopic (exact) mass is 754 g/mol. The van der Waals surface area contributed by atoms with Gasteiger partial charge in [-0.1, -0.05) is 11.8 Å². The lowest BCUT2D eigenvalue weighted by molar-refractivity contribution is 0.102. The first-order valence-electron chi connectivity index (χ1n) is 16.1. The number of benzene rings is 1. The molecule has 16 heteroatoms. The van der Waals surface area contributed by atoms with Crippen LogP contribution in [0, 0.1) is 123 Å². The van der Waals surface area contributed by atoms with E-state index in [9.17, 15) is 4.79 Å². The minimum Gasteiger partial charge on any atom is -0.368 e. The number of likely N-dealkylation sites (tertiary alicyclic amines) is 1. The average molecular weight is 755 g/mol. The molecule has 288 valence electrons. The molecule has 3 aromatic rings. The topological polar surface area (TPSA) is 211 Å². The molecular weight excluding hydrogens is 709 g/mol. The maximum Gasteiger partial charge on any atom is 0.278 e. The standard InChI is InChI=1S/C20H23N7O.C20H6.HN7O.8H2/c1-27-10-4-14(5-11-27)13-25-19-18(23-8-9-24-19)20(28)26-15-2-3-16-17(12-15)22-7-6-21-16;1-3-5-7-9-11-13-15-17-19-20-18-16-14-12-10-8-6-4-2;1-2-3-4-5-6-7-8;;;;;;;;/h2-3,6-9,12,14H,4-5,10-11,13H2,1H3,(H,24,25)(H,26,28);1-2H3;1H;8*1H/b;;2-1?,4-3+,6-5+;;;;;;;;. The van der Waals surface area contributed by atoms with Crippen molar-refractivity contribution in [1.82, 2.24) is 24.8 Å². The molecule has 1 amide bonds. The number of nitrogens with one attached hydrogen (secondary N) is 3. The predicted molar refractivity (Wildman–Crippen MR) is 227 cm³/mol. The van der Waals surface area contributed by atoms with E-state index in [0.717, 1.165) is 43.5 Å². The molecule has 56 heavy (non-hydrogen) atoms. The molecule has 1 saturated heterocycles. The molecule has 0 aliphatic carbocycles. The number of carbonyl (C=O) groups excluding carboxylic acids is 1. The van der Waals surface area contributed by atoms with Gasteiger partial charge < -0.3 is 15.5 Å². The average Bonchev–Trinajstić information content (AvgIpc) is 3.22. The number of carbonyl (C=O) groups is 1. The maximum absolute atomic E-state index is 12.8. The molecule has 16 nitrogen and oxygen atoms in total. The van der Waals surface area contributed by atoms with E-state index < -0.39 is 0 Å². The van der Waals surface area contributed by atoms with E-state index in [1.54, 1.807) is 44.6 Å². The van der Waals surface area contributed by atoms with E-state index in [1.807, 2.05) is 11.4 Å². The van der Waals surface area contributed by atoms with Gasteiger partial charge in [-0.2, -0.15) is 5.53 Å². The first-order chi connectivity index (χ1) is 27.5. The van der Waals surface area contributed by atoms with Gasteiger partial charge in [0.2, 0.25) is 0 Å². The summed E-state index contributed by atoms with van der Waals surface area (Å²) in [4.78, 5) is 41.3. The summed E-state index contributed by atoms with van der Waals surface area (Å²) in [6.45, 7) is 6.40. The highest BCUT2D eigenvalue weighted by atomic mass is 16.3. The summed E-state index contributed by atoms with van der Waals surface area (Å²) in [5.41, 5.74) is 8.42. The van der Waals surface area contributed by atoms with Gasteiger partial charge in [-0.3, -0.25) is 14.8 Å². The Bertz CT molecular complexity index is 2430. The highest BCUT2D eigenvalue weighted by Gasteiger charge is 2.19. The molecular formula is C40H46N14O2. The minimum atomic E-state index is -0.304. The van der Waals surface area contributed by atoms with Gasteiger partial charge in [0.1, 0.15) is 5.29 Å². The molecule has 2 aromatic heterocycles. The summed E-state index contributed by atoms with van der Waals surface area (Å²) < 4.78 is 0. The van der Waals surface area contributed by atoms with Crippen LogP contribution in [-0.2, 0) is 0 Å². The van der Waals surface area contributed by atoms with E-state index >= 15 is 0 Å². The zero-order valence-corrected chi connectivity index (χ0v) is 30.4. The Morgan fingerprint density at radius 2 is 1.23 bits per heavy atom. The Morgan fingerprint density at radius 3 is 1.77 bits per heavy atom. The number of nitrogens with zero attached hydrogens (tertiary/aromatic N) is 11. The van der Waals surface area contributed by atoms with Crippen LogP contribution < -0.4 is 10.6 Å². The Balaban J connectivity index is -0.000000162. The number of rotatable bonds is 8. The molecule has 3 N–H and O–H groups in total. The molecule has 0 bridgehead atoms. The van der Waals surface area contributed by atoms with Gasteiger partial charge in [0.05, 0.1) is 11.0 Å². The fourth-order valence-electron chi connectivity index (χ4n) is 4.01. The number of piperidine rings is 1. The second-order valence-corrected chi connectivity index (χ2v) is 10.1. The molecule has 1 aliphatic heterocycles. The second-order valence-electron chi connectivity index (χ2n) is 10.1. The summed E-state index contributed by atoms with van der Waals surface area (Å²) in [6, 6.07) is 5.42. The van der Waals surface area contributed by atoms with Crippen molar-refractivity contribution in [3.63, 3.8) is 0 Å². The molecule has 1 aromatic carbocycles. The number of fused-ring (bicyclic) bond motifs is 1. The molecule has 4 rings (SSSR count). The number of hydrogen-bond acceptors (Lipinski definition) is 9. The van der Waals surface area contributed by atoms with Gasteiger partial charge in [-0.25, -0.2) is 9.97 Å². The SMILES string of the molecule is CC#CC#CC#CC#CC#CC#CC#CC#CC#CC.CN1CCC(CNc2nccnc2C(=O)Nc2ccc3nccnc3c2)CC1.N=N/N=N/N=N/N=O.[HH].[HH].[HH].[HH].[HH].[HH].[HH].[HH]. The second kappa shape index (κ2) is 28.9. The highest BCUT2D eigenvalue weighted by molar-refractivity contribution is 6.06. The largest absolute Gasteiger partial charge is 0.368 e. The summed E-state index contributed by atoms with van der Waals surface area (Å²) in [6.07, 6.45) is 8.68. The van der Waals surface area contributed by atoms with Gasteiger partial charge >= 0.3 is 0 Å². The van der Waals surface area contributed by atoms with Crippen LogP contribution in [0.2, 0.25) is 0 Å². The molecule has 0 radical (unpaired) electrons. The molecule has 1 fully saturated rings. The number of hydrogen-bond donors (Lipinski definition) is 3. The number of anilines is 2. The van der Waals surface area contributed by atoms with Crippen LogP contribution in [0.1, 0.15) is 48.6 Å². The van der Waals surface area contributed by atoms with E-state index in [1.165, 1.54) is 6.20 Å². The van der Waals surface area contributed by atoms with Gasteiger partial charge in [0.15, 0.2) is 11.5 Å². The van der Waals surface area contributed by atoms with E-state index in [-0.39, 0.29) is 23.0 Å². The Labute approximate surface area is 336 Å². The van der Waals surface area contributed by atoms with E-state index in [2.05, 4.69) is 175 Å². The first-order valence-corrected chi connectivity index (χ1v) is 16.1. The van der Waals surface area contributed by atoms with Gasteiger partial charge in [0.25, 0.3) is 5.91 Å². The lowest BCUT2D eigenvalue weighted by Gasteiger charge is -2.29. The third-order valence-electron chi connectivity index (χ3n) is 6.43. The molecule has 3 heterocycles. The van der Waals surface area contributed by atoms with E-state index in [4.69, 9.17) is 10.4 Å². The Morgan fingerprint density at radius 1 is 0.732 bits per heavy atom. The van der Waals surface area contributed by atoms with Crippen molar-refractivity contribution in [1.29, 1.82) is 5.53 Å². The van der Waals surface area contributed by atoms with Crippen LogP contribution in [0.15, 0.2) is 74.4 Å². The molecule has 0 spiro atoms. The fourth-order valence-corrected chi connectivity index (χ4v) is 4.01. The van der Waals surface area contributed by atoms with Crippen LogP contribution >= 0.6 is 0 Å². The summed E-state index contributed by atoms with van der Waals surface area (Å²) >= 11 is 0. The lowest BCUT2D eigenvalue weighted by atomic mass is 9.97. The normalized spacial score (nSPS) is 10.6. The van der Waals surface area contributed by atoms with Crippen molar-refractivity contribution >= 4 is 28.4 Å². The van der Waals surface area contributed by atoms with Crippen molar-refractivity contribution in [3.05, 3.63) is 53.6 Å². The summed E-state index contributed by atoms with van der Waals surface area (Å²) in [7, 11) is 2.15. The quantitative estimate of drug-likeness (QED) is 0.0952. The molecule has 1 aliphatic rings. The van der Waals surface area contributed by atoms with Gasteiger partial charge in [0, 0.05) is 58.9 Å². The van der Waals surface area contributed by atoms with Crippen molar-refractivity contribution in [2.45, 2.75) is 26.7 Å². The summed E-state index contributed by atoms with van der Waals surface area (Å²) in [5, 5.41) is 21.1. The fraction of sp³-hybridized carbons (Fsp3) is 0.225. The summed E-state index contributed by atoms with van der Waals surface area (Å²) in [5.74, 6) is 46.4. The third-order valence-corrected chi connectivity index (χ3v) is 6.43. The van der Waals surface area contributed by atoms with Crippen LogP contribution in [0.4, 0.5) is 11.5 Å². The Hall–Kier alpha value is -8.69. The molecule has 0 unspecified atom stereocenters. The Kier molecular flexibility index (Phi) is 22.5. The van der Waals surface area contributed by atoms with Crippen LogP contribution in [-0.4, -0.2) is 57.4 Å². The molecule has 0 saturated carbocycles. The van der Waals surface area contributed by atoms with Crippen molar-refractivity contribution in [3.8, 4) is 107 Å². The zero-order valence-electron chi connectivity index (χ0n) is 30.4. The van der Waals surface area contributed by atoms with Crippen molar-refractivity contribution in [2.24, 2.45) is 37.3 Å². The van der Waals surface area contributed by atoms with Gasteiger partial charge in [-0.15, -0.1) is 4.91 Å². The van der Waals surface area contributed by atoms with E-state index in [0.29, 0.717) is 17.4 Å². The van der Waals surface area contributed by atoms with Crippen LogP contribution in [0.5, 0.6) is 0 Å². The predicted octanol–water partition coefficient (Wildman–Crippen LogP) is 6.88. The third kappa shape index (κ3) is 19.6. The zero-order chi connectivity index (χ0) is 40.3. The van der Waals surface area contributed by atoms with Crippen LogP contribution in [0.3, 0.4) is 0 Å². The van der Waals surface area contributed by atoms with Crippen molar-refractivity contribution in [2.75, 3.05) is 37.3 Å². The number of amides is 1. The minimum absolute atomic E-state index is 0. The maximum atomic E-state index is 12.8. The van der Waals surface area contributed by atoms with Gasteiger partial charge in [-0.05, 0) is 181 Å². The lowest BCUT2D eigenvalue weighted by Crippen LogP contribution is -2.33. The van der Waals surface area contributed by atoms with Crippen LogP contribution in [0.25, 0.3) is 11.0 Å². The number of nitroso groups, excluding NO2 is 1. The number of aromatic nitrogens is 4. The first kappa shape index (κ1) is 43.5. The molecule has 0 atom stereocenters. The smallest absolute Gasteiger partial charge is 0.278 e. The highest BCUT2D eigenvalue weighted by Crippen LogP contribution is 2.19. The van der Waals surface area contributed by atoms with Crippen molar-refractivity contribution < 1.29 is 16.2 Å².